The lowest BCUT2D eigenvalue weighted by Gasteiger charge is -2.19. The Morgan fingerprint density at radius 1 is 1.25 bits per heavy atom. The topological polar surface area (TPSA) is 152 Å². The lowest BCUT2D eigenvalue weighted by molar-refractivity contribution is 0.420. The van der Waals surface area contributed by atoms with Gasteiger partial charge >= 0.3 is 0 Å². The molecule has 0 saturated heterocycles. The molecule has 4 N–H and O–H groups in total. The number of nitrogens with one attached hydrogen (secondary N) is 3. The third-order valence-corrected chi connectivity index (χ3v) is 8.43. The van der Waals surface area contributed by atoms with Gasteiger partial charge in [0.2, 0.25) is 11.6 Å². The Morgan fingerprint density at radius 3 is 2.53 bits per heavy atom. The summed E-state index contributed by atoms with van der Waals surface area (Å²) in [4.78, 5) is 0. The Bertz CT molecular complexity index is 1170. The van der Waals surface area contributed by atoms with E-state index in [-0.39, 0.29) is 40.0 Å². The standard InChI is InChI=1S/C19H27N5O5S3/c1-6-20-32(27,28)19-16(25)13(9-30-19)21-17-18(24-31(26)23-17)22-15(11(4)5)14-7-12(8-29-14)10(2)3/h7-11,15,20,25H,6H2,1-5H3,(H,21,23)(H,22,24)/t15-,31?/m1/s1. The number of anilines is 3. The Hall–Kier alpha value is -2.19. The molecule has 0 aliphatic carbocycles. The maximum Gasteiger partial charge on any atom is 0.253 e. The largest absolute Gasteiger partial charge is 0.546 e. The van der Waals surface area contributed by atoms with Gasteiger partial charge in [0.15, 0.2) is 21.1 Å². The van der Waals surface area contributed by atoms with Crippen LogP contribution in [0.15, 0.2) is 26.3 Å². The van der Waals surface area contributed by atoms with Crippen LogP contribution in [0.1, 0.15) is 57.9 Å². The van der Waals surface area contributed by atoms with Crippen LogP contribution in [0.3, 0.4) is 0 Å². The summed E-state index contributed by atoms with van der Waals surface area (Å²) in [6, 6.07) is 1.70. The van der Waals surface area contributed by atoms with Gasteiger partial charge in [-0.25, -0.2) is 13.1 Å². The summed E-state index contributed by atoms with van der Waals surface area (Å²) in [5.41, 5.74) is 1.19. The number of hydrogen-bond acceptors (Lipinski definition) is 10. The molecule has 0 aromatic carbocycles. The van der Waals surface area contributed by atoms with E-state index in [4.69, 9.17) is 4.42 Å². The lowest BCUT2D eigenvalue weighted by Crippen LogP contribution is -2.22. The van der Waals surface area contributed by atoms with E-state index in [0.717, 1.165) is 16.9 Å². The molecule has 0 saturated carbocycles. The van der Waals surface area contributed by atoms with Gasteiger partial charge in [0.25, 0.3) is 10.0 Å². The second kappa shape index (κ2) is 9.75. The minimum Gasteiger partial charge on any atom is -0.546 e. The predicted molar refractivity (Wildman–Crippen MR) is 125 cm³/mol. The fourth-order valence-electron chi connectivity index (χ4n) is 2.98. The molecule has 32 heavy (non-hydrogen) atoms. The first-order valence-electron chi connectivity index (χ1n) is 10.0. The molecule has 1 unspecified atom stereocenters. The zero-order valence-corrected chi connectivity index (χ0v) is 20.8. The molecule has 0 spiro atoms. The van der Waals surface area contributed by atoms with Crippen molar-refractivity contribution >= 4 is 49.8 Å². The first-order valence-corrected chi connectivity index (χ1v) is 13.5. The Balaban J connectivity index is 1.88. The van der Waals surface area contributed by atoms with E-state index in [1.165, 1.54) is 5.38 Å². The van der Waals surface area contributed by atoms with Crippen molar-refractivity contribution in [1.29, 1.82) is 0 Å². The second-order valence-corrected chi connectivity index (χ2v) is 11.5. The van der Waals surface area contributed by atoms with Crippen LogP contribution in [0.2, 0.25) is 0 Å². The maximum absolute atomic E-state index is 12.2. The molecular formula is C19H27N5O5S3. The average Bonchev–Trinajstić information content (AvgIpc) is 3.40. The monoisotopic (exact) mass is 501 g/mol. The van der Waals surface area contributed by atoms with Crippen molar-refractivity contribution < 1.29 is 22.5 Å². The quantitative estimate of drug-likeness (QED) is 0.293. The van der Waals surface area contributed by atoms with Crippen molar-refractivity contribution in [3.8, 4) is 5.75 Å². The third-order valence-electron chi connectivity index (χ3n) is 4.70. The van der Waals surface area contributed by atoms with Crippen LogP contribution < -0.4 is 15.4 Å². The molecule has 13 heteroatoms. The molecule has 3 rings (SSSR count). The zero-order valence-electron chi connectivity index (χ0n) is 18.4. The molecule has 3 aromatic heterocycles. The fourth-order valence-corrected chi connectivity index (χ4v) is 5.93. The Morgan fingerprint density at radius 2 is 1.94 bits per heavy atom. The van der Waals surface area contributed by atoms with Crippen molar-refractivity contribution in [2.75, 3.05) is 17.2 Å². The lowest BCUT2D eigenvalue weighted by atomic mass is 9.99. The van der Waals surface area contributed by atoms with Gasteiger partial charge in [0, 0.05) is 20.7 Å². The number of aromatic nitrogens is 2. The molecule has 3 heterocycles. The van der Waals surface area contributed by atoms with Gasteiger partial charge in [-0.3, -0.25) is 0 Å². The first kappa shape index (κ1) is 24.5. The highest BCUT2D eigenvalue weighted by atomic mass is 32.2. The number of rotatable bonds is 10. The highest BCUT2D eigenvalue weighted by molar-refractivity contribution is 7.91. The van der Waals surface area contributed by atoms with E-state index in [0.29, 0.717) is 11.7 Å². The number of thiophene rings is 1. The number of aromatic hydroxyl groups is 1. The van der Waals surface area contributed by atoms with Gasteiger partial charge < -0.3 is 24.7 Å². The molecule has 0 bridgehead atoms. The summed E-state index contributed by atoms with van der Waals surface area (Å²) in [7, 11) is -3.83. The molecule has 0 aliphatic heterocycles. The van der Waals surface area contributed by atoms with E-state index in [9.17, 15) is 18.1 Å². The van der Waals surface area contributed by atoms with Crippen molar-refractivity contribution in [3.63, 3.8) is 0 Å². The van der Waals surface area contributed by atoms with Gasteiger partial charge in [0.1, 0.15) is 5.76 Å². The van der Waals surface area contributed by atoms with Gasteiger partial charge in [-0.1, -0.05) is 34.6 Å². The van der Waals surface area contributed by atoms with E-state index in [2.05, 4.69) is 38.0 Å². The number of nitrogens with zero attached hydrogens (tertiary/aromatic N) is 2. The van der Waals surface area contributed by atoms with Crippen molar-refractivity contribution in [3.05, 3.63) is 29.0 Å². The molecule has 2 atom stereocenters. The summed E-state index contributed by atoms with van der Waals surface area (Å²) < 4.78 is 52.4. The molecule has 3 aromatic rings. The maximum atomic E-state index is 12.2. The Labute approximate surface area is 194 Å². The summed E-state index contributed by atoms with van der Waals surface area (Å²) in [5, 5.41) is 17.9. The highest BCUT2D eigenvalue weighted by Gasteiger charge is 2.28. The third kappa shape index (κ3) is 5.23. The number of furan rings is 1. The summed E-state index contributed by atoms with van der Waals surface area (Å²) in [5.74, 6) is 1.04. The van der Waals surface area contributed by atoms with Crippen molar-refractivity contribution in [1.82, 2.24) is 13.5 Å². The molecule has 176 valence electrons. The van der Waals surface area contributed by atoms with Crippen LogP contribution in [0.25, 0.3) is 0 Å². The fraction of sp³-hybridized carbons (Fsp3) is 0.474. The highest BCUT2D eigenvalue weighted by Crippen LogP contribution is 2.41. The van der Waals surface area contributed by atoms with Crippen LogP contribution in [-0.2, 0) is 10.0 Å². The SMILES string of the molecule is CCNS(=O)(=O)c1scc(Nc2n[s+]([O-])nc2N[C@@H](c2cc(C(C)C)co2)C(C)C)c1O. The number of sulfonamides is 1. The molecule has 0 amide bonds. The van der Waals surface area contributed by atoms with Crippen LogP contribution in [-0.4, -0.2) is 33.4 Å². The molecule has 0 fully saturated rings. The minimum atomic E-state index is -3.83. The van der Waals surface area contributed by atoms with E-state index in [1.807, 2.05) is 19.9 Å². The predicted octanol–water partition coefficient (Wildman–Crippen LogP) is 4.54. The Kier molecular flexibility index (Phi) is 7.45. The van der Waals surface area contributed by atoms with E-state index in [1.54, 1.807) is 13.2 Å². The van der Waals surface area contributed by atoms with Gasteiger partial charge in [-0.2, -0.15) is 0 Å². The van der Waals surface area contributed by atoms with Crippen LogP contribution >= 0.6 is 22.5 Å². The molecular weight excluding hydrogens is 474 g/mol. The molecule has 0 radical (unpaired) electrons. The van der Waals surface area contributed by atoms with Crippen LogP contribution in [0, 0.1) is 5.92 Å². The van der Waals surface area contributed by atoms with Crippen molar-refractivity contribution in [2.45, 2.75) is 50.8 Å². The molecule has 10 nitrogen and oxygen atoms in total. The van der Waals surface area contributed by atoms with Gasteiger partial charge in [-0.05, 0) is 23.5 Å². The summed E-state index contributed by atoms with van der Waals surface area (Å²) >= 11 is -0.993. The first-order chi connectivity index (χ1) is 15.0. The normalized spacial score (nSPS) is 13.7. The van der Waals surface area contributed by atoms with Gasteiger partial charge in [-0.15, -0.1) is 11.3 Å². The van der Waals surface area contributed by atoms with Crippen LogP contribution in [0.4, 0.5) is 17.3 Å². The van der Waals surface area contributed by atoms with E-state index >= 15 is 0 Å². The van der Waals surface area contributed by atoms with E-state index < -0.39 is 26.9 Å². The minimum absolute atomic E-state index is 0.102. The molecule has 0 aliphatic rings. The number of hydrogen-bond donors (Lipinski definition) is 4. The summed E-state index contributed by atoms with van der Waals surface area (Å²) in [6.07, 6.45) is 1.72. The van der Waals surface area contributed by atoms with Crippen LogP contribution in [0.5, 0.6) is 5.75 Å². The average molecular weight is 502 g/mol. The summed E-state index contributed by atoms with van der Waals surface area (Å²) in [6.45, 7) is 10.00. The zero-order chi connectivity index (χ0) is 23.6. The smallest absolute Gasteiger partial charge is 0.253 e. The van der Waals surface area contributed by atoms with Gasteiger partial charge in [0.05, 0.1) is 18.0 Å². The second-order valence-electron chi connectivity index (χ2n) is 7.83. The van der Waals surface area contributed by atoms with Crippen molar-refractivity contribution in [2.24, 2.45) is 5.92 Å².